The van der Waals surface area contributed by atoms with E-state index >= 15 is 0 Å². The lowest BCUT2D eigenvalue weighted by molar-refractivity contribution is 0.102. The van der Waals surface area contributed by atoms with Gasteiger partial charge in [0.1, 0.15) is 17.2 Å². The van der Waals surface area contributed by atoms with E-state index in [1.807, 2.05) is 32.0 Å². The standard InChI is InChI=1S/C17H16FN3O/c1-10-4-5-11(2)14(8-10)20-17(22)16-12(3)19-15-7-6-13(18)9-21(15)16/h4-9H,1-3H3,(H,20,22). The van der Waals surface area contributed by atoms with E-state index < -0.39 is 5.82 Å². The molecule has 0 saturated carbocycles. The minimum Gasteiger partial charge on any atom is -0.320 e. The summed E-state index contributed by atoms with van der Waals surface area (Å²) in [6.07, 6.45) is 1.27. The first-order valence-corrected chi connectivity index (χ1v) is 6.98. The molecule has 0 atom stereocenters. The monoisotopic (exact) mass is 297 g/mol. The predicted octanol–water partition coefficient (Wildman–Crippen LogP) is 3.65. The summed E-state index contributed by atoms with van der Waals surface area (Å²) < 4.78 is 14.9. The van der Waals surface area contributed by atoms with Gasteiger partial charge in [-0.15, -0.1) is 0 Å². The summed E-state index contributed by atoms with van der Waals surface area (Å²) in [5.41, 5.74) is 4.22. The molecule has 0 spiro atoms. The highest BCUT2D eigenvalue weighted by molar-refractivity contribution is 6.04. The largest absolute Gasteiger partial charge is 0.320 e. The van der Waals surface area contributed by atoms with Crippen LogP contribution in [0.3, 0.4) is 0 Å². The number of benzene rings is 1. The van der Waals surface area contributed by atoms with Crippen molar-refractivity contribution >= 4 is 17.2 Å². The van der Waals surface area contributed by atoms with Gasteiger partial charge in [-0.3, -0.25) is 9.20 Å². The van der Waals surface area contributed by atoms with Crippen molar-refractivity contribution in [2.45, 2.75) is 20.8 Å². The molecule has 3 rings (SSSR count). The van der Waals surface area contributed by atoms with Gasteiger partial charge in [-0.1, -0.05) is 12.1 Å². The van der Waals surface area contributed by atoms with Crippen LogP contribution in [-0.2, 0) is 0 Å². The van der Waals surface area contributed by atoms with Crippen LogP contribution in [0.15, 0.2) is 36.5 Å². The number of halogens is 1. The van der Waals surface area contributed by atoms with E-state index in [2.05, 4.69) is 10.3 Å². The van der Waals surface area contributed by atoms with Gasteiger partial charge in [0.25, 0.3) is 5.91 Å². The Bertz CT molecular complexity index is 883. The summed E-state index contributed by atoms with van der Waals surface area (Å²) in [6.45, 7) is 5.63. The Labute approximate surface area is 127 Å². The van der Waals surface area contributed by atoms with E-state index in [0.717, 1.165) is 16.8 Å². The normalized spacial score (nSPS) is 10.9. The number of aryl methyl sites for hydroxylation is 3. The van der Waals surface area contributed by atoms with Gasteiger partial charge in [-0.2, -0.15) is 0 Å². The molecule has 1 N–H and O–H groups in total. The quantitative estimate of drug-likeness (QED) is 0.784. The van der Waals surface area contributed by atoms with Crippen LogP contribution in [0.4, 0.5) is 10.1 Å². The van der Waals surface area contributed by atoms with Gasteiger partial charge >= 0.3 is 0 Å². The molecule has 1 aromatic carbocycles. The maximum absolute atomic E-state index is 13.5. The average Bonchev–Trinajstić information content (AvgIpc) is 2.78. The molecule has 0 bridgehead atoms. The second-order valence-electron chi connectivity index (χ2n) is 5.39. The van der Waals surface area contributed by atoms with Crippen LogP contribution in [0, 0.1) is 26.6 Å². The van der Waals surface area contributed by atoms with Gasteiger partial charge in [-0.25, -0.2) is 9.37 Å². The molecule has 5 heteroatoms. The Kier molecular flexibility index (Phi) is 3.41. The van der Waals surface area contributed by atoms with E-state index in [4.69, 9.17) is 0 Å². The van der Waals surface area contributed by atoms with E-state index in [9.17, 15) is 9.18 Å². The minimum absolute atomic E-state index is 0.302. The number of nitrogens with one attached hydrogen (secondary N) is 1. The lowest BCUT2D eigenvalue weighted by Gasteiger charge is -2.10. The summed E-state index contributed by atoms with van der Waals surface area (Å²) in [7, 11) is 0. The summed E-state index contributed by atoms with van der Waals surface area (Å²) in [6, 6.07) is 8.73. The molecule has 0 aliphatic rings. The third-order valence-electron chi connectivity index (χ3n) is 3.61. The Hall–Kier alpha value is -2.69. The Morgan fingerprint density at radius 2 is 1.95 bits per heavy atom. The fourth-order valence-electron chi connectivity index (χ4n) is 2.46. The zero-order valence-corrected chi connectivity index (χ0v) is 12.6. The first-order valence-electron chi connectivity index (χ1n) is 6.98. The number of carbonyl (C=O) groups is 1. The number of fused-ring (bicyclic) bond motifs is 1. The molecule has 2 aromatic heterocycles. The van der Waals surface area contributed by atoms with Crippen molar-refractivity contribution < 1.29 is 9.18 Å². The van der Waals surface area contributed by atoms with Gasteiger partial charge in [0.15, 0.2) is 0 Å². The van der Waals surface area contributed by atoms with Crippen LogP contribution < -0.4 is 5.32 Å². The zero-order valence-electron chi connectivity index (χ0n) is 12.6. The SMILES string of the molecule is Cc1ccc(C)c(NC(=O)c2c(C)nc3ccc(F)cn23)c1. The molecule has 3 aromatic rings. The van der Waals surface area contributed by atoms with E-state index in [-0.39, 0.29) is 5.91 Å². The molecule has 0 saturated heterocycles. The molecule has 0 aliphatic heterocycles. The third-order valence-corrected chi connectivity index (χ3v) is 3.61. The number of hydrogen-bond acceptors (Lipinski definition) is 2. The van der Waals surface area contributed by atoms with Crippen LogP contribution in [0.25, 0.3) is 5.65 Å². The van der Waals surface area contributed by atoms with Crippen LogP contribution in [-0.4, -0.2) is 15.3 Å². The van der Waals surface area contributed by atoms with Crippen molar-refractivity contribution in [3.8, 4) is 0 Å². The Morgan fingerprint density at radius 3 is 2.73 bits per heavy atom. The first kappa shape index (κ1) is 14.3. The number of aromatic nitrogens is 2. The van der Waals surface area contributed by atoms with Crippen LogP contribution in [0.5, 0.6) is 0 Å². The molecule has 0 unspecified atom stereocenters. The number of carbonyl (C=O) groups excluding carboxylic acids is 1. The van der Waals surface area contributed by atoms with Crippen LogP contribution in [0.2, 0.25) is 0 Å². The average molecular weight is 297 g/mol. The maximum Gasteiger partial charge on any atom is 0.274 e. The zero-order chi connectivity index (χ0) is 15.9. The summed E-state index contributed by atoms with van der Waals surface area (Å²) in [5.74, 6) is -0.713. The number of hydrogen-bond donors (Lipinski definition) is 1. The fourth-order valence-corrected chi connectivity index (χ4v) is 2.46. The lowest BCUT2D eigenvalue weighted by atomic mass is 10.1. The van der Waals surface area contributed by atoms with E-state index in [1.54, 1.807) is 13.0 Å². The molecular formula is C17H16FN3O. The number of pyridine rings is 1. The van der Waals surface area contributed by atoms with Crippen molar-refractivity contribution in [3.63, 3.8) is 0 Å². The molecule has 2 heterocycles. The molecule has 0 radical (unpaired) electrons. The second-order valence-corrected chi connectivity index (χ2v) is 5.39. The molecule has 112 valence electrons. The molecule has 22 heavy (non-hydrogen) atoms. The van der Waals surface area contributed by atoms with Crippen molar-refractivity contribution in [1.29, 1.82) is 0 Å². The summed E-state index contributed by atoms with van der Waals surface area (Å²) in [5, 5.41) is 2.88. The number of rotatable bonds is 2. The third kappa shape index (κ3) is 2.45. The Balaban J connectivity index is 2.04. The lowest BCUT2D eigenvalue weighted by Crippen LogP contribution is -2.16. The maximum atomic E-state index is 13.5. The van der Waals surface area contributed by atoms with Crippen molar-refractivity contribution in [2.24, 2.45) is 0 Å². The first-order chi connectivity index (χ1) is 10.5. The Morgan fingerprint density at radius 1 is 1.18 bits per heavy atom. The van der Waals surface area contributed by atoms with Gasteiger partial charge in [0, 0.05) is 11.9 Å². The summed E-state index contributed by atoms with van der Waals surface area (Å²) in [4.78, 5) is 16.9. The van der Waals surface area contributed by atoms with Crippen LogP contribution in [0.1, 0.15) is 27.3 Å². The predicted molar refractivity (Wildman–Crippen MR) is 83.8 cm³/mol. The van der Waals surface area contributed by atoms with Crippen molar-refractivity contribution in [2.75, 3.05) is 5.32 Å². The topological polar surface area (TPSA) is 46.4 Å². The molecule has 4 nitrogen and oxygen atoms in total. The number of imidazole rings is 1. The minimum atomic E-state index is -0.411. The second kappa shape index (κ2) is 5.26. The van der Waals surface area contributed by atoms with Gasteiger partial charge in [0.2, 0.25) is 0 Å². The highest BCUT2D eigenvalue weighted by Gasteiger charge is 2.17. The molecule has 0 aliphatic carbocycles. The van der Waals surface area contributed by atoms with Crippen LogP contribution >= 0.6 is 0 Å². The summed E-state index contributed by atoms with van der Waals surface area (Å²) >= 11 is 0. The molecule has 1 amide bonds. The fraction of sp³-hybridized carbons (Fsp3) is 0.176. The van der Waals surface area contributed by atoms with Crippen molar-refractivity contribution in [3.05, 3.63) is 64.9 Å². The number of anilines is 1. The number of nitrogens with zero attached hydrogens (tertiary/aromatic N) is 2. The number of amides is 1. The van der Waals surface area contributed by atoms with Gasteiger partial charge < -0.3 is 5.32 Å². The van der Waals surface area contributed by atoms with Crippen molar-refractivity contribution in [1.82, 2.24) is 9.38 Å². The van der Waals surface area contributed by atoms with Gasteiger partial charge in [0.05, 0.1) is 5.69 Å². The highest BCUT2D eigenvalue weighted by Crippen LogP contribution is 2.19. The molecular weight excluding hydrogens is 281 g/mol. The smallest absolute Gasteiger partial charge is 0.274 e. The van der Waals surface area contributed by atoms with Gasteiger partial charge in [-0.05, 0) is 50.1 Å². The highest BCUT2D eigenvalue weighted by atomic mass is 19.1. The van der Waals surface area contributed by atoms with E-state index in [0.29, 0.717) is 17.0 Å². The molecule has 0 fully saturated rings. The van der Waals surface area contributed by atoms with E-state index in [1.165, 1.54) is 16.7 Å².